The van der Waals surface area contributed by atoms with E-state index in [0.29, 0.717) is 6.42 Å². The average molecular weight is 186 g/mol. The maximum absolute atomic E-state index is 10.3. The van der Waals surface area contributed by atoms with E-state index in [4.69, 9.17) is 0 Å². The fourth-order valence-corrected chi connectivity index (χ4v) is 0.939. The van der Waals surface area contributed by atoms with Gasteiger partial charge in [-0.05, 0) is 18.8 Å². The van der Waals surface area contributed by atoms with E-state index in [1.807, 2.05) is 6.92 Å². The molecule has 0 saturated carbocycles. The summed E-state index contributed by atoms with van der Waals surface area (Å²) in [6.07, 6.45) is 3.52. The van der Waals surface area contributed by atoms with Gasteiger partial charge in [-0.3, -0.25) is 0 Å². The minimum absolute atomic E-state index is 0. The molecule has 4 heteroatoms. The van der Waals surface area contributed by atoms with Crippen molar-refractivity contribution in [2.75, 3.05) is 0 Å². The minimum Gasteiger partial charge on any atom is -2.00 e. The number of carbonyl (C=O) groups is 1. The van der Waals surface area contributed by atoms with Crippen LogP contribution in [-0.4, -0.2) is 23.3 Å². The molecular weight excluding hydrogens is 171 g/mol. The predicted octanol–water partition coefficient (Wildman–Crippen LogP) is 0.453. The van der Waals surface area contributed by atoms with Crippen LogP contribution in [0.1, 0.15) is 39.5 Å². The second-order valence-corrected chi connectivity index (χ2v) is 2.57. The van der Waals surface area contributed by atoms with Crippen molar-refractivity contribution >= 4 is 23.3 Å². The molecule has 3 nitrogen and oxygen atoms in total. The Bertz CT molecular complexity index is 106. The normalized spacial score (nSPS) is 10.8. The van der Waals surface area contributed by atoms with Crippen molar-refractivity contribution in [2.24, 2.45) is 5.92 Å². The summed E-state index contributed by atoms with van der Waals surface area (Å²) in [5, 5.41) is 10.3. The van der Waals surface area contributed by atoms with E-state index in [-0.39, 0.29) is 28.8 Å². The Kier molecular flexibility index (Phi) is 16.3. The molecule has 0 aliphatic rings. The van der Waals surface area contributed by atoms with Gasteiger partial charge in [0.2, 0.25) is 0 Å². The van der Waals surface area contributed by atoms with Crippen LogP contribution < -0.4 is 5.11 Å². The van der Waals surface area contributed by atoms with Crippen LogP contribution in [0.25, 0.3) is 0 Å². The summed E-state index contributed by atoms with van der Waals surface area (Å²) in [5.74, 6) is -1.11. The minimum atomic E-state index is -0.893. The summed E-state index contributed by atoms with van der Waals surface area (Å²) in [4.78, 5) is 10.3. The number of carbonyl (C=O) groups excluding carboxylic acids is 1. The summed E-state index contributed by atoms with van der Waals surface area (Å²) in [6, 6.07) is 0. The van der Waals surface area contributed by atoms with Crippen molar-refractivity contribution in [3.05, 3.63) is 0 Å². The molecule has 0 aromatic heterocycles. The number of aliphatic carboxylic acids is 1. The van der Waals surface area contributed by atoms with Gasteiger partial charge < -0.3 is 15.4 Å². The van der Waals surface area contributed by atoms with E-state index >= 15 is 0 Å². The molecule has 0 bridgehead atoms. The third-order valence-corrected chi connectivity index (χ3v) is 1.73. The van der Waals surface area contributed by atoms with E-state index < -0.39 is 5.97 Å². The average Bonchev–Trinajstić information content (AvgIpc) is 1.89. The van der Waals surface area contributed by atoms with Crippen LogP contribution >= 0.6 is 0 Å². The molecule has 0 aliphatic carbocycles. The maximum atomic E-state index is 10.3. The van der Waals surface area contributed by atoms with Gasteiger partial charge >= 0.3 is 17.4 Å². The maximum Gasteiger partial charge on any atom is 3.00 e. The van der Waals surface area contributed by atoms with Gasteiger partial charge in [0.15, 0.2) is 0 Å². The van der Waals surface area contributed by atoms with Crippen molar-refractivity contribution in [1.82, 2.24) is 0 Å². The molecule has 0 fully saturated rings. The van der Waals surface area contributed by atoms with Crippen LogP contribution in [0.2, 0.25) is 0 Å². The molecule has 0 amide bonds. The molecule has 0 aromatic rings. The number of hydrogen-bond donors (Lipinski definition) is 0. The Morgan fingerprint density at radius 3 is 2.17 bits per heavy atom. The smallest absolute Gasteiger partial charge is 2.00 e. The van der Waals surface area contributed by atoms with Crippen molar-refractivity contribution in [3.63, 3.8) is 0 Å². The fraction of sp³-hybridized carbons (Fsp3) is 0.875. The molecule has 0 spiro atoms. The van der Waals surface area contributed by atoms with Gasteiger partial charge in [0.1, 0.15) is 0 Å². The number of carboxylic acid groups (broad SMARTS) is 1. The largest absolute Gasteiger partial charge is 3.00 e. The van der Waals surface area contributed by atoms with Gasteiger partial charge in [0.05, 0.1) is 0 Å². The van der Waals surface area contributed by atoms with Gasteiger partial charge in [-0.15, -0.1) is 0 Å². The van der Waals surface area contributed by atoms with Crippen LogP contribution in [0.4, 0.5) is 0 Å². The Morgan fingerprint density at radius 1 is 1.42 bits per heavy atom. The molecule has 0 heterocycles. The van der Waals surface area contributed by atoms with Gasteiger partial charge in [-0.2, -0.15) is 0 Å². The molecule has 0 rings (SSSR count). The van der Waals surface area contributed by atoms with E-state index in [0.717, 1.165) is 19.3 Å². The summed E-state index contributed by atoms with van der Waals surface area (Å²) >= 11 is 0. The molecule has 0 aliphatic heterocycles. The first-order chi connectivity index (χ1) is 4.72. The second kappa shape index (κ2) is 11.0. The summed E-state index contributed by atoms with van der Waals surface area (Å²) in [5.41, 5.74) is 0. The predicted molar refractivity (Wildman–Crippen MR) is 44.8 cm³/mol. The number of hydrogen-bond acceptors (Lipinski definition) is 2. The van der Waals surface area contributed by atoms with Crippen LogP contribution in [0.5, 0.6) is 0 Å². The molecule has 12 heavy (non-hydrogen) atoms. The Balaban J connectivity index is -0.000000405. The first kappa shape index (κ1) is 17.9. The standard InChI is InChI=1S/C8H16O2.Al.O/c1-3-5-6-7(4-2)8(9)10;;/h7H,3-6H2,1-2H3,(H,9,10);;/q;+3;-2/p-1. The summed E-state index contributed by atoms with van der Waals surface area (Å²) < 4.78 is 0. The number of unbranched alkanes of at least 4 members (excludes halogenated alkanes) is 1. The Labute approximate surface area is 84.6 Å². The molecular formula is C8H15AlO3. The topological polar surface area (TPSA) is 68.6 Å². The van der Waals surface area contributed by atoms with Gasteiger partial charge in [0.25, 0.3) is 0 Å². The van der Waals surface area contributed by atoms with Gasteiger partial charge in [-0.25, -0.2) is 0 Å². The first-order valence-electron chi connectivity index (χ1n) is 3.93. The van der Waals surface area contributed by atoms with Crippen LogP contribution in [-0.2, 0) is 10.3 Å². The monoisotopic (exact) mass is 186 g/mol. The molecule has 0 radical (unpaired) electrons. The first-order valence-corrected chi connectivity index (χ1v) is 3.93. The van der Waals surface area contributed by atoms with E-state index in [1.165, 1.54) is 0 Å². The molecule has 0 N–H and O–H groups in total. The van der Waals surface area contributed by atoms with Gasteiger partial charge in [-0.1, -0.05) is 26.7 Å². The van der Waals surface area contributed by atoms with Crippen molar-refractivity contribution in [3.8, 4) is 0 Å². The Morgan fingerprint density at radius 2 is 1.92 bits per heavy atom. The Hall–Kier alpha value is -0.0375. The van der Waals surface area contributed by atoms with E-state index in [2.05, 4.69) is 6.92 Å². The summed E-state index contributed by atoms with van der Waals surface area (Å²) in [7, 11) is 0. The van der Waals surface area contributed by atoms with Crippen molar-refractivity contribution in [2.45, 2.75) is 39.5 Å². The third kappa shape index (κ3) is 8.06. The van der Waals surface area contributed by atoms with Crippen molar-refractivity contribution in [1.29, 1.82) is 0 Å². The number of rotatable bonds is 5. The molecule has 68 valence electrons. The van der Waals surface area contributed by atoms with E-state index in [9.17, 15) is 9.90 Å². The molecule has 0 saturated heterocycles. The molecule has 1 atom stereocenters. The zero-order chi connectivity index (χ0) is 7.98. The van der Waals surface area contributed by atoms with Crippen LogP contribution in [0, 0.1) is 5.92 Å². The fourth-order valence-electron chi connectivity index (χ4n) is 0.939. The third-order valence-electron chi connectivity index (χ3n) is 1.73. The number of carboxylic acids is 1. The molecule has 1 unspecified atom stereocenters. The zero-order valence-electron chi connectivity index (χ0n) is 7.71. The van der Waals surface area contributed by atoms with Crippen molar-refractivity contribution < 1.29 is 15.4 Å². The van der Waals surface area contributed by atoms with Gasteiger partial charge in [0, 0.05) is 5.97 Å². The van der Waals surface area contributed by atoms with E-state index in [1.54, 1.807) is 0 Å². The van der Waals surface area contributed by atoms with Crippen LogP contribution in [0.15, 0.2) is 0 Å². The second-order valence-electron chi connectivity index (χ2n) is 2.57. The summed E-state index contributed by atoms with van der Waals surface area (Å²) in [6.45, 7) is 3.94. The molecule has 0 aromatic carbocycles. The van der Waals surface area contributed by atoms with Crippen LogP contribution in [0.3, 0.4) is 0 Å². The SMILES string of the molecule is CCCCC(CC)C(=O)[O-].[Al+3].[O-2]. The zero-order valence-corrected chi connectivity index (χ0v) is 8.86. The quantitative estimate of drug-likeness (QED) is 0.585.